The zero-order valence-electron chi connectivity index (χ0n) is 16.5. The molecular weight excluding hydrogens is 369 g/mol. The fourth-order valence-corrected chi connectivity index (χ4v) is 4.62. The van der Waals surface area contributed by atoms with Gasteiger partial charge in [-0.2, -0.15) is 0 Å². The van der Waals surface area contributed by atoms with Crippen molar-refractivity contribution in [3.63, 3.8) is 0 Å². The molecule has 2 aliphatic rings. The minimum atomic E-state index is -0.234. The van der Waals surface area contributed by atoms with Crippen molar-refractivity contribution in [2.75, 3.05) is 5.32 Å². The summed E-state index contributed by atoms with van der Waals surface area (Å²) < 4.78 is 13.1. The van der Waals surface area contributed by atoms with Crippen LogP contribution in [0, 0.1) is 5.82 Å². The number of hydrogen-bond acceptors (Lipinski definition) is 3. The highest BCUT2D eigenvalue weighted by Gasteiger charge is 2.40. The van der Waals surface area contributed by atoms with E-state index in [1.54, 1.807) is 24.3 Å². The summed E-state index contributed by atoms with van der Waals surface area (Å²) in [5.74, 6) is -0.237. The predicted molar refractivity (Wildman–Crippen MR) is 110 cm³/mol. The zero-order valence-corrected chi connectivity index (χ0v) is 16.5. The second-order valence-electron chi connectivity index (χ2n) is 8.09. The van der Waals surface area contributed by atoms with Crippen molar-refractivity contribution in [1.82, 2.24) is 10.2 Å². The Morgan fingerprint density at radius 1 is 1.07 bits per heavy atom. The first kappa shape index (κ1) is 19.6. The third-order valence-electron chi connectivity index (χ3n) is 6.02. The number of ketones is 1. The van der Waals surface area contributed by atoms with Crippen molar-refractivity contribution >= 4 is 17.5 Å². The van der Waals surface area contributed by atoms with E-state index in [0.29, 0.717) is 23.3 Å². The Balaban J connectivity index is 1.33. The van der Waals surface area contributed by atoms with Crippen LogP contribution in [0.4, 0.5) is 14.9 Å². The van der Waals surface area contributed by atoms with Gasteiger partial charge in [-0.25, -0.2) is 9.18 Å². The molecule has 2 aliphatic heterocycles. The van der Waals surface area contributed by atoms with Gasteiger partial charge in [-0.1, -0.05) is 24.3 Å². The highest BCUT2D eigenvalue weighted by Crippen LogP contribution is 2.36. The van der Waals surface area contributed by atoms with E-state index in [2.05, 4.69) is 15.5 Å². The van der Waals surface area contributed by atoms with Crippen molar-refractivity contribution in [1.29, 1.82) is 0 Å². The van der Waals surface area contributed by atoms with E-state index in [9.17, 15) is 14.0 Å². The average Bonchev–Trinajstić information content (AvgIpc) is 2.92. The van der Waals surface area contributed by atoms with Crippen LogP contribution in [0.2, 0.25) is 0 Å². The summed E-state index contributed by atoms with van der Waals surface area (Å²) in [6, 6.07) is 14.5. The fourth-order valence-electron chi connectivity index (χ4n) is 4.62. The average molecular weight is 395 g/mol. The third-order valence-corrected chi connectivity index (χ3v) is 6.02. The lowest BCUT2D eigenvalue weighted by molar-refractivity contribution is 0.101. The molecule has 4 rings (SSSR count). The Labute approximate surface area is 170 Å². The maximum Gasteiger partial charge on any atom is 0.319 e. The zero-order chi connectivity index (χ0) is 20.4. The molecule has 152 valence electrons. The van der Waals surface area contributed by atoms with Crippen LogP contribution in [0.15, 0.2) is 48.5 Å². The standard InChI is InChI=1S/C23H26FN3O2/c1-15(28)17-3-2-4-19(11-17)25-23(29)26-20-12-21-9-10-22(13-20)27(21)14-16-5-7-18(24)8-6-16/h2-8,11,20-22H,9-10,12-14H2,1H3,(H2,25,26,29). The van der Waals surface area contributed by atoms with Crippen LogP contribution in [-0.4, -0.2) is 34.8 Å². The molecule has 2 aromatic carbocycles. The molecule has 2 unspecified atom stereocenters. The molecule has 0 aliphatic carbocycles. The molecule has 2 heterocycles. The van der Waals surface area contributed by atoms with Crippen LogP contribution in [0.5, 0.6) is 0 Å². The minimum absolute atomic E-state index is 0.0286. The Hall–Kier alpha value is -2.73. The van der Waals surface area contributed by atoms with Crippen molar-refractivity contribution in [2.24, 2.45) is 0 Å². The lowest BCUT2D eigenvalue weighted by Gasteiger charge is -2.39. The molecule has 6 heteroatoms. The molecule has 2 N–H and O–H groups in total. The van der Waals surface area contributed by atoms with Gasteiger partial charge in [0.2, 0.25) is 0 Å². The first-order valence-corrected chi connectivity index (χ1v) is 10.2. The number of carbonyl (C=O) groups excluding carboxylic acids is 2. The van der Waals surface area contributed by atoms with Crippen molar-refractivity contribution in [3.05, 3.63) is 65.5 Å². The summed E-state index contributed by atoms with van der Waals surface area (Å²) >= 11 is 0. The second-order valence-corrected chi connectivity index (χ2v) is 8.09. The van der Waals surface area contributed by atoms with Gasteiger partial charge in [-0.15, -0.1) is 0 Å². The van der Waals surface area contributed by atoms with E-state index in [1.807, 2.05) is 12.1 Å². The smallest absolute Gasteiger partial charge is 0.319 e. The maximum atomic E-state index is 13.1. The molecule has 0 saturated carbocycles. The SMILES string of the molecule is CC(=O)c1cccc(NC(=O)NC2CC3CCC(C2)N3Cc2ccc(F)cc2)c1. The summed E-state index contributed by atoms with van der Waals surface area (Å²) in [4.78, 5) is 26.4. The van der Waals surface area contributed by atoms with Gasteiger partial charge in [-0.3, -0.25) is 9.69 Å². The van der Waals surface area contributed by atoms with Gasteiger partial charge in [0.15, 0.2) is 5.78 Å². The van der Waals surface area contributed by atoms with Crippen molar-refractivity contribution in [2.45, 2.75) is 57.3 Å². The quantitative estimate of drug-likeness (QED) is 0.740. The molecule has 29 heavy (non-hydrogen) atoms. The van der Waals surface area contributed by atoms with Crippen LogP contribution >= 0.6 is 0 Å². The molecule has 2 fully saturated rings. The third kappa shape index (κ3) is 4.65. The number of anilines is 1. The number of hydrogen-bond donors (Lipinski definition) is 2. The van der Waals surface area contributed by atoms with Crippen LogP contribution in [0.3, 0.4) is 0 Å². The number of halogens is 1. The number of benzene rings is 2. The van der Waals surface area contributed by atoms with Crippen molar-refractivity contribution < 1.29 is 14.0 Å². The van der Waals surface area contributed by atoms with E-state index in [0.717, 1.165) is 37.8 Å². The summed E-state index contributed by atoms with van der Waals surface area (Å²) in [5.41, 5.74) is 2.32. The predicted octanol–water partition coefficient (Wildman–Crippen LogP) is 4.35. The van der Waals surface area contributed by atoms with Gasteiger partial charge < -0.3 is 10.6 Å². The molecule has 2 aromatic rings. The van der Waals surface area contributed by atoms with Gasteiger partial charge in [0, 0.05) is 35.9 Å². The summed E-state index contributed by atoms with van der Waals surface area (Å²) in [6.07, 6.45) is 4.09. The summed E-state index contributed by atoms with van der Waals surface area (Å²) in [6.45, 7) is 2.33. The Morgan fingerprint density at radius 3 is 2.41 bits per heavy atom. The molecule has 2 saturated heterocycles. The number of nitrogens with one attached hydrogen (secondary N) is 2. The maximum absolute atomic E-state index is 13.1. The fraction of sp³-hybridized carbons (Fsp3) is 0.391. The molecule has 5 nitrogen and oxygen atoms in total. The van der Waals surface area contributed by atoms with E-state index >= 15 is 0 Å². The summed E-state index contributed by atoms with van der Waals surface area (Å²) in [7, 11) is 0. The molecule has 2 amide bonds. The summed E-state index contributed by atoms with van der Waals surface area (Å²) in [5, 5.41) is 5.94. The normalized spacial score (nSPS) is 23.6. The monoisotopic (exact) mass is 395 g/mol. The second kappa shape index (κ2) is 8.33. The minimum Gasteiger partial charge on any atom is -0.335 e. The van der Waals surface area contributed by atoms with E-state index in [4.69, 9.17) is 0 Å². The van der Waals surface area contributed by atoms with Gasteiger partial charge in [0.25, 0.3) is 0 Å². The molecule has 0 spiro atoms. The number of urea groups is 1. The van der Waals surface area contributed by atoms with E-state index in [-0.39, 0.29) is 23.7 Å². The van der Waals surface area contributed by atoms with Crippen LogP contribution in [0.25, 0.3) is 0 Å². The van der Waals surface area contributed by atoms with Gasteiger partial charge >= 0.3 is 6.03 Å². The number of nitrogens with zero attached hydrogens (tertiary/aromatic N) is 1. The lowest BCUT2D eigenvalue weighted by Crippen LogP contribution is -2.50. The topological polar surface area (TPSA) is 61.4 Å². The number of amides is 2. The van der Waals surface area contributed by atoms with E-state index < -0.39 is 0 Å². The number of piperidine rings is 1. The number of carbonyl (C=O) groups is 2. The van der Waals surface area contributed by atoms with Gasteiger partial charge in [-0.05, 0) is 62.4 Å². The first-order chi connectivity index (χ1) is 14.0. The Morgan fingerprint density at radius 2 is 1.76 bits per heavy atom. The largest absolute Gasteiger partial charge is 0.335 e. The lowest BCUT2D eigenvalue weighted by atomic mass is 9.96. The van der Waals surface area contributed by atoms with Crippen molar-refractivity contribution in [3.8, 4) is 0 Å². The number of fused-ring (bicyclic) bond motifs is 2. The Kier molecular flexibility index (Phi) is 5.62. The molecule has 0 aromatic heterocycles. The van der Waals surface area contributed by atoms with E-state index in [1.165, 1.54) is 19.1 Å². The molecule has 2 atom stereocenters. The highest BCUT2D eigenvalue weighted by atomic mass is 19.1. The first-order valence-electron chi connectivity index (χ1n) is 10.2. The van der Waals surface area contributed by atoms with Crippen LogP contribution in [0.1, 0.15) is 48.5 Å². The molecule has 2 bridgehead atoms. The Bertz CT molecular complexity index is 885. The number of rotatable bonds is 5. The number of Topliss-reactive ketones (excluding diaryl/α,β-unsaturated/α-hetero) is 1. The van der Waals surface area contributed by atoms with Gasteiger partial charge in [0.05, 0.1) is 0 Å². The molecular formula is C23H26FN3O2. The molecule has 0 radical (unpaired) electrons. The van der Waals surface area contributed by atoms with Gasteiger partial charge in [0.1, 0.15) is 5.82 Å². The van der Waals surface area contributed by atoms with Crippen LogP contribution in [-0.2, 0) is 6.54 Å². The highest BCUT2D eigenvalue weighted by molar-refractivity contribution is 5.96. The van der Waals surface area contributed by atoms with Crippen LogP contribution < -0.4 is 10.6 Å².